The van der Waals surface area contributed by atoms with Crippen LogP contribution in [-0.2, 0) is 9.53 Å². The van der Waals surface area contributed by atoms with Crippen molar-refractivity contribution in [3.05, 3.63) is 88.9 Å². The molecule has 0 aliphatic carbocycles. The van der Waals surface area contributed by atoms with Crippen molar-refractivity contribution in [2.75, 3.05) is 25.6 Å². The van der Waals surface area contributed by atoms with Crippen LogP contribution in [0.25, 0.3) is 0 Å². The molecule has 1 N–H and O–H groups in total. The Morgan fingerprint density at radius 1 is 0.844 bits per heavy atom. The summed E-state index contributed by atoms with van der Waals surface area (Å²) >= 11 is 5.79. The topological polar surface area (TPSA) is 90.9 Å². The lowest BCUT2D eigenvalue weighted by Crippen LogP contribution is -2.20. The van der Waals surface area contributed by atoms with Crippen molar-refractivity contribution in [3.63, 3.8) is 0 Å². The first-order chi connectivity index (χ1) is 15.4. The van der Waals surface area contributed by atoms with Crippen LogP contribution in [-0.4, -0.2) is 38.0 Å². The average Bonchev–Trinajstić information content (AvgIpc) is 2.82. The minimum atomic E-state index is -0.644. The molecule has 0 saturated heterocycles. The Morgan fingerprint density at radius 3 is 2.22 bits per heavy atom. The first kappa shape index (κ1) is 22.8. The molecule has 3 aromatic rings. The fourth-order valence-electron chi connectivity index (χ4n) is 2.67. The molecule has 0 spiro atoms. The largest absolute Gasteiger partial charge is 0.497 e. The van der Waals surface area contributed by atoms with E-state index >= 15 is 0 Å². The maximum Gasteiger partial charge on any atom is 0.338 e. The van der Waals surface area contributed by atoms with Gasteiger partial charge in [-0.15, -0.1) is 0 Å². The van der Waals surface area contributed by atoms with Gasteiger partial charge in [0, 0.05) is 22.3 Å². The van der Waals surface area contributed by atoms with E-state index in [0.29, 0.717) is 27.8 Å². The summed E-state index contributed by atoms with van der Waals surface area (Å²) < 4.78 is 15.6. The highest BCUT2D eigenvalue weighted by Crippen LogP contribution is 2.17. The van der Waals surface area contributed by atoms with Gasteiger partial charge in [-0.1, -0.05) is 17.7 Å². The molecule has 0 bridgehead atoms. The standard InChI is InChI=1S/C24H20ClNO6/c1-30-21-4-2-3-19(13-21)26-23(28)15-31-20-11-7-17(8-12-20)24(29)32-14-22(27)16-5-9-18(25)10-6-16/h2-13H,14-15H2,1H3,(H,26,28). The summed E-state index contributed by atoms with van der Waals surface area (Å²) in [5, 5.41) is 3.22. The fourth-order valence-corrected chi connectivity index (χ4v) is 2.79. The van der Waals surface area contributed by atoms with Crippen LogP contribution in [0.1, 0.15) is 20.7 Å². The Morgan fingerprint density at radius 2 is 1.53 bits per heavy atom. The van der Waals surface area contributed by atoms with Gasteiger partial charge in [-0.05, 0) is 60.7 Å². The van der Waals surface area contributed by atoms with E-state index in [1.807, 2.05) is 0 Å². The van der Waals surface area contributed by atoms with Gasteiger partial charge in [0.15, 0.2) is 19.0 Å². The van der Waals surface area contributed by atoms with E-state index in [4.69, 9.17) is 25.8 Å². The molecule has 0 aromatic heterocycles. The van der Waals surface area contributed by atoms with Crippen LogP contribution in [0.2, 0.25) is 5.02 Å². The number of halogens is 1. The highest BCUT2D eigenvalue weighted by Gasteiger charge is 2.12. The molecule has 0 aliphatic rings. The summed E-state index contributed by atoms with van der Waals surface area (Å²) in [5.74, 6) is -0.297. The van der Waals surface area contributed by atoms with Crippen LogP contribution in [0.3, 0.4) is 0 Å². The smallest absolute Gasteiger partial charge is 0.338 e. The Hall–Kier alpha value is -3.84. The molecule has 0 radical (unpaired) electrons. The van der Waals surface area contributed by atoms with E-state index in [9.17, 15) is 14.4 Å². The Labute approximate surface area is 189 Å². The van der Waals surface area contributed by atoms with E-state index in [1.54, 1.807) is 55.6 Å². The van der Waals surface area contributed by atoms with Gasteiger partial charge >= 0.3 is 5.97 Å². The third-order valence-corrected chi connectivity index (χ3v) is 4.57. The molecule has 0 fully saturated rings. The molecule has 32 heavy (non-hydrogen) atoms. The Kier molecular flexibility index (Phi) is 7.83. The van der Waals surface area contributed by atoms with Gasteiger partial charge in [0.25, 0.3) is 5.91 Å². The van der Waals surface area contributed by atoms with Crippen molar-refractivity contribution in [1.29, 1.82) is 0 Å². The van der Waals surface area contributed by atoms with E-state index in [0.717, 1.165) is 0 Å². The molecule has 8 heteroatoms. The molecule has 3 rings (SSSR count). The molecular formula is C24H20ClNO6. The minimum absolute atomic E-state index is 0.212. The number of hydrogen-bond acceptors (Lipinski definition) is 6. The van der Waals surface area contributed by atoms with Gasteiger partial charge in [-0.3, -0.25) is 9.59 Å². The zero-order chi connectivity index (χ0) is 22.9. The second-order valence-electron chi connectivity index (χ2n) is 6.60. The van der Waals surface area contributed by atoms with Crippen molar-refractivity contribution in [1.82, 2.24) is 0 Å². The molecular weight excluding hydrogens is 434 g/mol. The van der Waals surface area contributed by atoms with Crippen LogP contribution >= 0.6 is 11.6 Å². The minimum Gasteiger partial charge on any atom is -0.497 e. The van der Waals surface area contributed by atoms with Crippen molar-refractivity contribution in [2.45, 2.75) is 0 Å². The Balaban J connectivity index is 1.46. The predicted octanol–water partition coefficient (Wildman–Crippen LogP) is 4.41. The summed E-state index contributed by atoms with van der Waals surface area (Å²) in [7, 11) is 1.54. The molecule has 0 saturated carbocycles. The van der Waals surface area contributed by atoms with Crippen molar-refractivity contribution in [2.24, 2.45) is 0 Å². The van der Waals surface area contributed by atoms with E-state index in [-0.39, 0.29) is 30.5 Å². The number of carbonyl (C=O) groups is 3. The monoisotopic (exact) mass is 453 g/mol. The number of carbonyl (C=O) groups excluding carboxylic acids is 3. The fraction of sp³-hybridized carbons (Fsp3) is 0.125. The summed E-state index contributed by atoms with van der Waals surface area (Å²) in [6.45, 7) is -0.597. The summed E-state index contributed by atoms with van der Waals surface area (Å²) in [5.41, 5.74) is 1.24. The number of nitrogens with one attached hydrogen (secondary N) is 1. The summed E-state index contributed by atoms with van der Waals surface area (Å²) in [4.78, 5) is 36.3. The van der Waals surface area contributed by atoms with Crippen LogP contribution in [0, 0.1) is 0 Å². The third kappa shape index (κ3) is 6.58. The summed E-state index contributed by atoms with van der Waals surface area (Å²) in [6.07, 6.45) is 0. The third-order valence-electron chi connectivity index (χ3n) is 4.31. The molecule has 3 aromatic carbocycles. The zero-order valence-electron chi connectivity index (χ0n) is 17.2. The van der Waals surface area contributed by atoms with Crippen LogP contribution in [0.5, 0.6) is 11.5 Å². The van der Waals surface area contributed by atoms with E-state index in [2.05, 4.69) is 5.32 Å². The number of benzene rings is 3. The van der Waals surface area contributed by atoms with E-state index in [1.165, 1.54) is 24.3 Å². The summed E-state index contributed by atoms with van der Waals surface area (Å²) in [6, 6.07) is 19.3. The van der Waals surface area contributed by atoms with Crippen molar-refractivity contribution < 1.29 is 28.6 Å². The maximum absolute atomic E-state index is 12.2. The highest BCUT2D eigenvalue weighted by molar-refractivity contribution is 6.30. The first-order valence-electron chi connectivity index (χ1n) is 9.57. The van der Waals surface area contributed by atoms with Crippen LogP contribution < -0.4 is 14.8 Å². The maximum atomic E-state index is 12.2. The second kappa shape index (κ2) is 11.0. The normalized spacial score (nSPS) is 10.2. The molecule has 7 nitrogen and oxygen atoms in total. The van der Waals surface area contributed by atoms with Gasteiger partial charge in [0.05, 0.1) is 12.7 Å². The molecule has 1 amide bonds. The number of Topliss-reactive ketones (excluding diaryl/α,β-unsaturated/α-hetero) is 1. The van der Waals surface area contributed by atoms with Crippen LogP contribution in [0.15, 0.2) is 72.8 Å². The highest BCUT2D eigenvalue weighted by atomic mass is 35.5. The predicted molar refractivity (Wildman–Crippen MR) is 120 cm³/mol. The van der Waals surface area contributed by atoms with Gasteiger partial charge in [-0.2, -0.15) is 0 Å². The molecule has 0 atom stereocenters. The number of rotatable bonds is 9. The Bertz CT molecular complexity index is 1100. The second-order valence-corrected chi connectivity index (χ2v) is 7.04. The molecule has 0 aliphatic heterocycles. The molecule has 164 valence electrons. The molecule has 0 heterocycles. The first-order valence-corrected chi connectivity index (χ1v) is 9.95. The number of methoxy groups -OCH3 is 1. The molecule has 0 unspecified atom stereocenters. The van der Waals surface area contributed by atoms with Gasteiger partial charge < -0.3 is 19.5 Å². The quantitative estimate of drug-likeness (QED) is 0.381. The van der Waals surface area contributed by atoms with Crippen molar-refractivity contribution >= 4 is 34.9 Å². The number of hydrogen-bond donors (Lipinski definition) is 1. The lowest BCUT2D eigenvalue weighted by atomic mass is 10.1. The van der Waals surface area contributed by atoms with Gasteiger partial charge in [-0.25, -0.2) is 4.79 Å². The number of ether oxygens (including phenoxy) is 3. The number of amides is 1. The average molecular weight is 454 g/mol. The van der Waals surface area contributed by atoms with Gasteiger partial charge in [0.1, 0.15) is 11.5 Å². The lowest BCUT2D eigenvalue weighted by Gasteiger charge is -2.09. The van der Waals surface area contributed by atoms with E-state index < -0.39 is 5.97 Å². The number of esters is 1. The zero-order valence-corrected chi connectivity index (χ0v) is 17.9. The lowest BCUT2D eigenvalue weighted by molar-refractivity contribution is -0.118. The number of ketones is 1. The van der Waals surface area contributed by atoms with Gasteiger partial charge in [0.2, 0.25) is 0 Å². The number of anilines is 1. The SMILES string of the molecule is COc1cccc(NC(=O)COc2ccc(C(=O)OCC(=O)c3ccc(Cl)cc3)cc2)c1. The van der Waals surface area contributed by atoms with Crippen molar-refractivity contribution in [3.8, 4) is 11.5 Å². The van der Waals surface area contributed by atoms with Crippen LogP contribution in [0.4, 0.5) is 5.69 Å².